The van der Waals surface area contributed by atoms with E-state index in [9.17, 15) is 9.59 Å². The number of nitrogens with zero attached hydrogens (tertiary/aromatic N) is 1. The summed E-state index contributed by atoms with van der Waals surface area (Å²) in [5, 5.41) is 0. The van der Waals surface area contributed by atoms with Gasteiger partial charge in [0.15, 0.2) is 0 Å². The van der Waals surface area contributed by atoms with Gasteiger partial charge in [0.1, 0.15) is 0 Å². The van der Waals surface area contributed by atoms with Gasteiger partial charge in [-0.2, -0.15) is 0 Å². The third-order valence-electron chi connectivity index (χ3n) is 1.18. The lowest BCUT2D eigenvalue weighted by Gasteiger charge is -2.12. The Morgan fingerprint density at radius 1 is 1.55 bits per heavy atom. The lowest BCUT2D eigenvalue weighted by atomic mass is 10.4. The van der Waals surface area contributed by atoms with Gasteiger partial charge in [0.25, 0.3) is 5.91 Å². The molecule has 0 aromatic heterocycles. The molecule has 0 spiro atoms. The highest BCUT2D eigenvalue weighted by molar-refractivity contribution is 6.23. The molecule has 0 aliphatic rings. The van der Waals surface area contributed by atoms with Gasteiger partial charge in [-0.05, 0) is 13.3 Å². The van der Waals surface area contributed by atoms with Gasteiger partial charge < -0.3 is 4.90 Å². The Labute approximate surface area is 66.7 Å². The highest BCUT2D eigenvalue weighted by atomic mass is 16.2. The first-order valence-corrected chi connectivity index (χ1v) is 3.64. The van der Waals surface area contributed by atoms with Crippen LogP contribution in [0.2, 0.25) is 0 Å². The van der Waals surface area contributed by atoms with Crippen LogP contribution in [0.3, 0.4) is 0 Å². The molecular weight excluding hydrogens is 142 g/mol. The topological polar surface area (TPSA) is 37.4 Å². The molecule has 0 heterocycles. The Bertz CT molecular complexity index is 163. The van der Waals surface area contributed by atoms with Crippen LogP contribution in [0, 0.1) is 0 Å². The van der Waals surface area contributed by atoms with Crippen molar-refractivity contribution in [3.8, 4) is 0 Å². The van der Waals surface area contributed by atoms with Crippen LogP contribution in [0.25, 0.3) is 0 Å². The molecule has 0 aromatic rings. The van der Waals surface area contributed by atoms with Crippen molar-refractivity contribution >= 4 is 12.2 Å². The van der Waals surface area contributed by atoms with Gasteiger partial charge >= 0.3 is 0 Å². The summed E-state index contributed by atoms with van der Waals surface area (Å²) in [4.78, 5) is 22.3. The molecule has 1 amide bonds. The molecule has 0 rings (SSSR count). The van der Waals surface area contributed by atoms with E-state index < -0.39 is 5.91 Å². The van der Waals surface area contributed by atoms with Crippen molar-refractivity contribution in [3.05, 3.63) is 12.3 Å². The van der Waals surface area contributed by atoms with Gasteiger partial charge in [-0.15, -0.1) is 0 Å². The molecule has 0 bridgehead atoms. The van der Waals surface area contributed by atoms with E-state index in [0.29, 0.717) is 12.8 Å². The number of rotatable bonds is 4. The minimum absolute atomic E-state index is 0.329. The molecule has 0 aliphatic carbocycles. The van der Waals surface area contributed by atoms with Crippen molar-refractivity contribution in [1.82, 2.24) is 4.90 Å². The standard InChI is InChI=1S/C8H13NO2/c1-3-5-9(6-4-2)8(11)7-10/h3,5,7H,4,6H2,1-2H3. The molecule has 0 fully saturated rings. The van der Waals surface area contributed by atoms with Gasteiger partial charge in [-0.25, -0.2) is 0 Å². The van der Waals surface area contributed by atoms with Gasteiger partial charge in [0.05, 0.1) is 0 Å². The summed E-state index contributed by atoms with van der Waals surface area (Å²) in [6.07, 6.45) is 4.52. The smallest absolute Gasteiger partial charge is 0.290 e. The van der Waals surface area contributed by atoms with Gasteiger partial charge in [0.2, 0.25) is 6.29 Å². The van der Waals surface area contributed by atoms with E-state index in [2.05, 4.69) is 0 Å². The minimum Gasteiger partial charge on any atom is -0.313 e. The predicted octanol–water partition coefficient (Wildman–Crippen LogP) is 0.958. The quantitative estimate of drug-likeness (QED) is 0.448. The SMILES string of the molecule is CC=CN(CCC)C(=O)C=O. The number of allylic oxidation sites excluding steroid dienone is 1. The van der Waals surface area contributed by atoms with Crippen LogP contribution in [0.15, 0.2) is 12.3 Å². The van der Waals surface area contributed by atoms with Crippen LogP contribution < -0.4 is 0 Å². The summed E-state index contributed by atoms with van der Waals surface area (Å²) in [6, 6.07) is 0. The lowest BCUT2D eigenvalue weighted by Crippen LogP contribution is -2.27. The maximum atomic E-state index is 10.8. The monoisotopic (exact) mass is 155 g/mol. The summed E-state index contributed by atoms with van der Waals surface area (Å²) in [7, 11) is 0. The number of carbonyl (C=O) groups excluding carboxylic acids is 2. The molecule has 0 saturated heterocycles. The summed E-state index contributed by atoms with van der Waals surface area (Å²) in [5.41, 5.74) is 0. The molecule has 0 atom stereocenters. The summed E-state index contributed by atoms with van der Waals surface area (Å²) in [5.74, 6) is -0.482. The molecule has 0 aromatic carbocycles. The molecule has 3 heteroatoms. The Balaban J connectivity index is 4.08. The largest absolute Gasteiger partial charge is 0.313 e. The van der Waals surface area contributed by atoms with Crippen molar-refractivity contribution < 1.29 is 9.59 Å². The van der Waals surface area contributed by atoms with Crippen LogP contribution in [-0.2, 0) is 9.59 Å². The second-order valence-electron chi connectivity index (χ2n) is 2.13. The number of hydrogen-bond acceptors (Lipinski definition) is 2. The van der Waals surface area contributed by atoms with E-state index in [1.54, 1.807) is 19.2 Å². The normalized spacial score (nSPS) is 10.0. The average Bonchev–Trinajstić information content (AvgIpc) is 2.03. The molecule has 0 saturated carbocycles. The fraction of sp³-hybridized carbons (Fsp3) is 0.500. The lowest BCUT2D eigenvalue weighted by molar-refractivity contribution is -0.136. The van der Waals surface area contributed by atoms with E-state index in [1.807, 2.05) is 6.92 Å². The van der Waals surface area contributed by atoms with E-state index >= 15 is 0 Å². The minimum atomic E-state index is -0.482. The average molecular weight is 155 g/mol. The molecule has 0 aliphatic heterocycles. The van der Waals surface area contributed by atoms with Crippen molar-refractivity contribution in [1.29, 1.82) is 0 Å². The van der Waals surface area contributed by atoms with Crippen LogP contribution in [0.4, 0.5) is 0 Å². The van der Waals surface area contributed by atoms with Gasteiger partial charge in [-0.3, -0.25) is 9.59 Å². The third kappa shape index (κ3) is 3.55. The zero-order valence-electron chi connectivity index (χ0n) is 6.91. The van der Waals surface area contributed by atoms with E-state index in [0.717, 1.165) is 6.42 Å². The maximum absolute atomic E-state index is 10.8. The van der Waals surface area contributed by atoms with Crippen LogP contribution in [-0.4, -0.2) is 23.6 Å². The third-order valence-corrected chi connectivity index (χ3v) is 1.18. The predicted molar refractivity (Wildman–Crippen MR) is 42.9 cm³/mol. The molecule has 0 N–H and O–H groups in total. The molecule has 62 valence electrons. The second-order valence-corrected chi connectivity index (χ2v) is 2.13. The number of carbonyl (C=O) groups is 2. The Hall–Kier alpha value is -1.12. The Kier molecular flexibility index (Phi) is 5.07. The number of aldehydes is 1. The second kappa shape index (κ2) is 5.65. The Morgan fingerprint density at radius 3 is 2.55 bits per heavy atom. The summed E-state index contributed by atoms with van der Waals surface area (Å²) >= 11 is 0. The van der Waals surface area contributed by atoms with Crippen molar-refractivity contribution in [2.75, 3.05) is 6.54 Å². The van der Waals surface area contributed by atoms with E-state index in [4.69, 9.17) is 0 Å². The molecular formula is C8H13NO2. The molecule has 0 unspecified atom stereocenters. The highest BCUT2D eigenvalue weighted by Crippen LogP contribution is 1.92. The molecule has 0 radical (unpaired) electrons. The first kappa shape index (κ1) is 9.88. The van der Waals surface area contributed by atoms with Crippen molar-refractivity contribution in [3.63, 3.8) is 0 Å². The first-order valence-electron chi connectivity index (χ1n) is 3.64. The zero-order chi connectivity index (χ0) is 8.69. The van der Waals surface area contributed by atoms with Gasteiger partial charge in [0, 0.05) is 12.7 Å². The summed E-state index contributed by atoms with van der Waals surface area (Å²) in [6.45, 7) is 4.36. The zero-order valence-corrected chi connectivity index (χ0v) is 6.91. The van der Waals surface area contributed by atoms with Gasteiger partial charge in [-0.1, -0.05) is 13.0 Å². The van der Waals surface area contributed by atoms with E-state index in [-0.39, 0.29) is 0 Å². The Morgan fingerprint density at radius 2 is 2.18 bits per heavy atom. The summed E-state index contributed by atoms with van der Waals surface area (Å²) < 4.78 is 0. The van der Waals surface area contributed by atoms with Crippen molar-refractivity contribution in [2.24, 2.45) is 0 Å². The first-order chi connectivity index (χ1) is 5.26. The van der Waals surface area contributed by atoms with E-state index in [1.165, 1.54) is 4.90 Å². The van der Waals surface area contributed by atoms with Crippen LogP contribution in [0.5, 0.6) is 0 Å². The highest BCUT2D eigenvalue weighted by Gasteiger charge is 2.05. The molecule has 3 nitrogen and oxygen atoms in total. The van der Waals surface area contributed by atoms with Crippen LogP contribution >= 0.6 is 0 Å². The maximum Gasteiger partial charge on any atom is 0.290 e. The number of amides is 1. The van der Waals surface area contributed by atoms with Crippen LogP contribution in [0.1, 0.15) is 20.3 Å². The fourth-order valence-corrected chi connectivity index (χ4v) is 0.747. The molecule has 11 heavy (non-hydrogen) atoms. The number of hydrogen-bond donors (Lipinski definition) is 0. The fourth-order valence-electron chi connectivity index (χ4n) is 0.747. The van der Waals surface area contributed by atoms with Crippen molar-refractivity contribution in [2.45, 2.75) is 20.3 Å².